The van der Waals surface area contributed by atoms with Gasteiger partial charge in [-0.2, -0.15) is 9.57 Å². The molecular formula is C23H23N5O4S2. The molecule has 3 aromatic rings. The summed E-state index contributed by atoms with van der Waals surface area (Å²) in [5.74, 6) is 1.12. The summed E-state index contributed by atoms with van der Waals surface area (Å²) in [7, 11) is -3.83. The van der Waals surface area contributed by atoms with E-state index in [1.807, 2.05) is 19.9 Å². The zero-order valence-corrected chi connectivity index (χ0v) is 20.4. The highest BCUT2D eigenvalue weighted by Gasteiger charge is 2.32. The molecule has 1 saturated heterocycles. The van der Waals surface area contributed by atoms with Crippen LogP contribution in [0, 0.1) is 25.2 Å². The van der Waals surface area contributed by atoms with E-state index in [1.54, 1.807) is 35.4 Å². The lowest BCUT2D eigenvalue weighted by Crippen LogP contribution is -2.50. The lowest BCUT2D eigenvalue weighted by atomic mass is 10.2. The number of aryl methyl sites for hydroxylation is 2. The third-order valence-corrected chi connectivity index (χ3v) is 8.68. The Balaban J connectivity index is 1.46. The van der Waals surface area contributed by atoms with Crippen LogP contribution in [0.4, 0.5) is 0 Å². The van der Waals surface area contributed by atoms with Crippen molar-refractivity contribution in [3.63, 3.8) is 0 Å². The SMILES string of the molecule is Cc1noc(C)c1CSc1ncccc1C(=O)N1CCN(S(=O)(=O)c2ccccc2C#N)CC1. The fraction of sp³-hybridized carbons (Fsp3) is 0.304. The summed E-state index contributed by atoms with van der Waals surface area (Å²) < 4.78 is 32.7. The van der Waals surface area contributed by atoms with E-state index < -0.39 is 10.0 Å². The first-order chi connectivity index (χ1) is 16.3. The molecule has 176 valence electrons. The van der Waals surface area contributed by atoms with Gasteiger partial charge in [0.2, 0.25) is 10.0 Å². The van der Waals surface area contributed by atoms with Gasteiger partial charge in [0.05, 0.1) is 21.7 Å². The van der Waals surface area contributed by atoms with Crippen molar-refractivity contribution in [1.82, 2.24) is 19.3 Å². The number of aromatic nitrogens is 2. The first kappa shape index (κ1) is 23.9. The van der Waals surface area contributed by atoms with Crippen molar-refractivity contribution >= 4 is 27.7 Å². The van der Waals surface area contributed by atoms with Gasteiger partial charge in [0, 0.05) is 43.7 Å². The molecule has 0 atom stereocenters. The molecule has 0 N–H and O–H groups in total. The van der Waals surface area contributed by atoms with E-state index in [4.69, 9.17) is 4.52 Å². The highest BCUT2D eigenvalue weighted by atomic mass is 32.2. The van der Waals surface area contributed by atoms with Crippen molar-refractivity contribution in [3.05, 3.63) is 70.7 Å². The zero-order valence-electron chi connectivity index (χ0n) is 18.8. The molecular weight excluding hydrogens is 474 g/mol. The molecule has 9 nitrogen and oxygen atoms in total. The van der Waals surface area contributed by atoms with Gasteiger partial charge >= 0.3 is 0 Å². The maximum atomic E-state index is 13.3. The van der Waals surface area contributed by atoms with Gasteiger partial charge in [-0.3, -0.25) is 4.79 Å². The quantitative estimate of drug-likeness (QED) is 0.477. The molecule has 0 bridgehead atoms. The number of nitrogens with zero attached hydrogens (tertiary/aromatic N) is 5. The van der Waals surface area contributed by atoms with Crippen molar-refractivity contribution < 1.29 is 17.7 Å². The third-order valence-electron chi connectivity index (χ3n) is 5.69. The van der Waals surface area contributed by atoms with Gasteiger partial charge in [-0.25, -0.2) is 13.4 Å². The van der Waals surface area contributed by atoms with E-state index in [2.05, 4.69) is 10.1 Å². The summed E-state index contributed by atoms with van der Waals surface area (Å²) >= 11 is 1.44. The van der Waals surface area contributed by atoms with Gasteiger partial charge in [0.25, 0.3) is 5.91 Å². The number of carbonyl (C=O) groups is 1. The fourth-order valence-electron chi connectivity index (χ4n) is 3.74. The fourth-order valence-corrected chi connectivity index (χ4v) is 6.45. The lowest BCUT2D eigenvalue weighted by molar-refractivity contribution is 0.0693. The smallest absolute Gasteiger partial charge is 0.256 e. The van der Waals surface area contributed by atoms with Crippen LogP contribution in [0.5, 0.6) is 0 Å². The number of benzene rings is 1. The van der Waals surface area contributed by atoms with Crippen LogP contribution < -0.4 is 0 Å². The highest BCUT2D eigenvalue weighted by Crippen LogP contribution is 2.28. The Labute approximate surface area is 202 Å². The Bertz CT molecular complexity index is 1340. The molecule has 1 aliphatic rings. The third kappa shape index (κ3) is 4.70. The number of sulfonamides is 1. The van der Waals surface area contributed by atoms with E-state index in [9.17, 15) is 18.5 Å². The van der Waals surface area contributed by atoms with Crippen LogP contribution in [0.25, 0.3) is 0 Å². The number of hydrogen-bond donors (Lipinski definition) is 0. The van der Waals surface area contributed by atoms with E-state index in [0.717, 1.165) is 17.0 Å². The first-order valence-electron chi connectivity index (χ1n) is 10.6. The summed E-state index contributed by atoms with van der Waals surface area (Å²) in [6.45, 7) is 4.51. The number of pyridine rings is 1. The Morgan fingerprint density at radius 2 is 1.88 bits per heavy atom. The standard InChI is InChI=1S/C23H23N5O4S2/c1-16-20(17(2)32-26-16)15-33-22-19(7-5-9-25-22)23(29)27-10-12-28(13-11-27)34(30,31)21-8-4-3-6-18(21)14-24/h3-9H,10-13,15H2,1-2H3. The summed E-state index contributed by atoms with van der Waals surface area (Å²) in [6.07, 6.45) is 1.64. The molecule has 1 aromatic carbocycles. The van der Waals surface area contributed by atoms with Crippen LogP contribution in [0.15, 0.2) is 57.0 Å². The normalized spacial score (nSPS) is 14.7. The molecule has 0 spiro atoms. The topological polar surface area (TPSA) is 120 Å². The minimum Gasteiger partial charge on any atom is -0.361 e. The Morgan fingerprint density at radius 1 is 1.15 bits per heavy atom. The molecule has 4 rings (SSSR count). The van der Waals surface area contributed by atoms with E-state index in [1.165, 1.54) is 28.2 Å². The average molecular weight is 498 g/mol. The van der Waals surface area contributed by atoms with Gasteiger partial charge in [-0.1, -0.05) is 17.3 Å². The molecule has 11 heteroatoms. The van der Waals surface area contributed by atoms with Gasteiger partial charge in [0.1, 0.15) is 16.9 Å². The lowest BCUT2D eigenvalue weighted by Gasteiger charge is -2.34. The predicted octanol–water partition coefficient (Wildman–Crippen LogP) is 3.00. The van der Waals surface area contributed by atoms with Crippen LogP contribution in [-0.2, 0) is 15.8 Å². The molecule has 3 heterocycles. The van der Waals surface area contributed by atoms with Crippen LogP contribution in [0.1, 0.15) is 32.9 Å². The van der Waals surface area contributed by atoms with E-state index >= 15 is 0 Å². The monoisotopic (exact) mass is 497 g/mol. The minimum atomic E-state index is -3.83. The second kappa shape index (κ2) is 9.97. The van der Waals surface area contributed by atoms with Crippen LogP contribution >= 0.6 is 11.8 Å². The number of carbonyl (C=O) groups excluding carboxylic acids is 1. The van der Waals surface area contributed by atoms with Gasteiger partial charge in [0.15, 0.2) is 0 Å². The summed E-state index contributed by atoms with van der Waals surface area (Å²) in [6, 6.07) is 11.5. The molecule has 1 aliphatic heterocycles. The first-order valence-corrected chi connectivity index (χ1v) is 13.0. The highest BCUT2D eigenvalue weighted by molar-refractivity contribution is 7.98. The zero-order chi connectivity index (χ0) is 24.3. The van der Waals surface area contributed by atoms with Crippen molar-refractivity contribution in [2.75, 3.05) is 26.2 Å². The van der Waals surface area contributed by atoms with Crippen LogP contribution in [0.2, 0.25) is 0 Å². The van der Waals surface area contributed by atoms with Crippen molar-refractivity contribution in [3.8, 4) is 6.07 Å². The maximum Gasteiger partial charge on any atom is 0.256 e. The van der Waals surface area contributed by atoms with Crippen molar-refractivity contribution in [1.29, 1.82) is 5.26 Å². The van der Waals surface area contributed by atoms with Gasteiger partial charge in [-0.15, -0.1) is 11.8 Å². The Hall–Kier alpha value is -3.20. The molecule has 34 heavy (non-hydrogen) atoms. The second-order valence-corrected chi connectivity index (χ2v) is 10.6. The van der Waals surface area contributed by atoms with Crippen LogP contribution in [0.3, 0.4) is 0 Å². The summed E-state index contributed by atoms with van der Waals surface area (Å²) in [5, 5.41) is 13.8. The number of hydrogen-bond acceptors (Lipinski definition) is 8. The number of piperazine rings is 1. The van der Waals surface area contributed by atoms with Crippen molar-refractivity contribution in [2.24, 2.45) is 0 Å². The van der Waals surface area contributed by atoms with Gasteiger partial charge in [-0.05, 0) is 38.1 Å². The largest absolute Gasteiger partial charge is 0.361 e. The Kier molecular flexibility index (Phi) is 7.02. The maximum absolute atomic E-state index is 13.3. The molecule has 1 fully saturated rings. The molecule has 0 radical (unpaired) electrons. The number of thioether (sulfide) groups is 1. The number of rotatable bonds is 6. The molecule has 0 saturated carbocycles. The molecule has 0 unspecified atom stereocenters. The average Bonchev–Trinajstić information content (AvgIpc) is 3.19. The van der Waals surface area contributed by atoms with Gasteiger partial charge < -0.3 is 9.42 Å². The second-order valence-electron chi connectivity index (χ2n) is 7.75. The number of nitriles is 1. The van der Waals surface area contributed by atoms with E-state index in [0.29, 0.717) is 16.3 Å². The minimum absolute atomic E-state index is 0.0115. The predicted molar refractivity (Wildman–Crippen MR) is 126 cm³/mol. The molecule has 2 aromatic heterocycles. The van der Waals surface area contributed by atoms with E-state index in [-0.39, 0.29) is 42.5 Å². The van der Waals surface area contributed by atoms with Crippen molar-refractivity contribution in [2.45, 2.75) is 29.5 Å². The van der Waals surface area contributed by atoms with Crippen LogP contribution in [-0.4, -0.2) is 59.8 Å². The molecule has 0 aliphatic carbocycles. The number of amides is 1. The Morgan fingerprint density at radius 3 is 2.56 bits per heavy atom. The summed E-state index contributed by atoms with van der Waals surface area (Å²) in [4.78, 5) is 19.3. The summed E-state index contributed by atoms with van der Waals surface area (Å²) in [5.41, 5.74) is 2.37. The molecule has 1 amide bonds.